The summed E-state index contributed by atoms with van der Waals surface area (Å²) in [4.78, 5) is 11.6. The summed E-state index contributed by atoms with van der Waals surface area (Å²) in [5.41, 5.74) is 1.54. The van der Waals surface area contributed by atoms with Crippen LogP contribution in [0.4, 0.5) is 5.82 Å². The van der Waals surface area contributed by atoms with E-state index in [0.29, 0.717) is 5.41 Å². The van der Waals surface area contributed by atoms with Gasteiger partial charge in [-0.05, 0) is 45.2 Å². The Morgan fingerprint density at radius 1 is 1.26 bits per heavy atom. The van der Waals surface area contributed by atoms with Gasteiger partial charge in [0.1, 0.15) is 11.6 Å². The largest absolute Gasteiger partial charge is 0.370 e. The van der Waals surface area contributed by atoms with E-state index in [9.17, 15) is 0 Å². The van der Waals surface area contributed by atoms with Crippen molar-refractivity contribution in [2.45, 2.75) is 47.1 Å². The van der Waals surface area contributed by atoms with E-state index in [2.05, 4.69) is 41.0 Å². The molecule has 2 heterocycles. The number of hydrogen-bond acceptors (Lipinski definition) is 4. The van der Waals surface area contributed by atoms with Crippen LogP contribution in [0.1, 0.15) is 45.1 Å². The molecule has 19 heavy (non-hydrogen) atoms. The number of likely N-dealkylation sites (tertiary alicyclic amines) is 1. The van der Waals surface area contributed by atoms with Gasteiger partial charge in [-0.25, -0.2) is 9.97 Å². The van der Waals surface area contributed by atoms with Crippen molar-refractivity contribution in [2.75, 3.05) is 25.0 Å². The molecule has 0 unspecified atom stereocenters. The van der Waals surface area contributed by atoms with Gasteiger partial charge in [0.2, 0.25) is 0 Å². The number of aryl methyl sites for hydroxylation is 1. The predicted octanol–water partition coefficient (Wildman–Crippen LogP) is 2.84. The average Bonchev–Trinajstić information content (AvgIpc) is 2.32. The second-order valence-corrected chi connectivity index (χ2v) is 6.28. The maximum Gasteiger partial charge on any atom is 0.144 e. The maximum atomic E-state index is 4.59. The highest BCUT2D eigenvalue weighted by molar-refractivity contribution is 5.35. The van der Waals surface area contributed by atoms with Crippen LogP contribution >= 0.6 is 0 Å². The van der Waals surface area contributed by atoms with E-state index in [1.807, 2.05) is 13.0 Å². The molecular weight excluding hydrogens is 236 g/mol. The molecule has 0 spiro atoms. The Balaban J connectivity index is 1.99. The summed E-state index contributed by atoms with van der Waals surface area (Å²) in [6.45, 7) is 12.9. The van der Waals surface area contributed by atoms with Gasteiger partial charge in [-0.3, -0.25) is 4.90 Å². The zero-order valence-electron chi connectivity index (χ0n) is 12.7. The molecule has 0 aromatic carbocycles. The van der Waals surface area contributed by atoms with Crippen molar-refractivity contribution in [3.05, 3.63) is 17.6 Å². The number of hydrogen-bond donors (Lipinski definition) is 1. The van der Waals surface area contributed by atoms with Crippen molar-refractivity contribution < 1.29 is 0 Å². The lowest BCUT2D eigenvalue weighted by atomic mass is 9.83. The molecule has 1 N–H and O–H groups in total. The Morgan fingerprint density at radius 3 is 2.58 bits per heavy atom. The Labute approximate surface area is 116 Å². The molecule has 4 heteroatoms. The molecule has 1 fully saturated rings. The van der Waals surface area contributed by atoms with E-state index in [4.69, 9.17) is 0 Å². The fourth-order valence-electron chi connectivity index (χ4n) is 2.49. The summed E-state index contributed by atoms with van der Waals surface area (Å²) in [6, 6.07) is 2.01. The van der Waals surface area contributed by atoms with Crippen LogP contribution in [0, 0.1) is 12.3 Å². The fraction of sp³-hybridized carbons (Fsp3) is 0.733. The molecule has 1 saturated heterocycles. The van der Waals surface area contributed by atoms with Gasteiger partial charge in [-0.2, -0.15) is 0 Å². The summed E-state index contributed by atoms with van der Waals surface area (Å²) >= 11 is 0. The first-order chi connectivity index (χ1) is 8.98. The highest BCUT2D eigenvalue weighted by atomic mass is 15.2. The van der Waals surface area contributed by atoms with Gasteiger partial charge < -0.3 is 5.32 Å². The lowest BCUT2D eigenvalue weighted by Gasteiger charge is -2.36. The Morgan fingerprint density at radius 2 is 1.95 bits per heavy atom. The molecule has 1 aromatic heterocycles. The molecular formula is C15H26N4. The molecule has 0 atom stereocenters. The lowest BCUT2D eigenvalue weighted by Crippen LogP contribution is -2.37. The number of anilines is 1. The Kier molecular flexibility index (Phi) is 4.40. The second kappa shape index (κ2) is 5.87. The molecule has 2 rings (SSSR count). The van der Waals surface area contributed by atoms with E-state index in [0.717, 1.165) is 43.5 Å². The van der Waals surface area contributed by atoms with Crippen molar-refractivity contribution >= 4 is 5.82 Å². The fourth-order valence-corrected chi connectivity index (χ4v) is 2.49. The predicted molar refractivity (Wildman–Crippen MR) is 79.2 cm³/mol. The highest BCUT2D eigenvalue weighted by Crippen LogP contribution is 2.30. The van der Waals surface area contributed by atoms with E-state index in [1.165, 1.54) is 12.8 Å². The Hall–Kier alpha value is -1.16. The van der Waals surface area contributed by atoms with Crippen LogP contribution in [0.5, 0.6) is 0 Å². The van der Waals surface area contributed by atoms with Crippen LogP contribution in [0.3, 0.4) is 0 Å². The standard InChI is InChI=1S/C15H26N4/c1-5-16-13-10-12(2)17-14(18-13)11-19-8-6-15(3,4)7-9-19/h10H,5-9,11H2,1-4H3,(H,16,17,18). The van der Waals surface area contributed by atoms with Crippen molar-refractivity contribution in [3.63, 3.8) is 0 Å². The third kappa shape index (κ3) is 4.16. The molecule has 1 aliphatic heterocycles. The van der Waals surface area contributed by atoms with Crippen molar-refractivity contribution in [1.82, 2.24) is 14.9 Å². The van der Waals surface area contributed by atoms with Gasteiger partial charge >= 0.3 is 0 Å². The summed E-state index contributed by atoms with van der Waals surface area (Å²) in [5.74, 6) is 1.89. The molecule has 0 bridgehead atoms. The van der Waals surface area contributed by atoms with E-state index < -0.39 is 0 Å². The van der Waals surface area contributed by atoms with Crippen molar-refractivity contribution in [1.29, 1.82) is 0 Å². The number of piperidine rings is 1. The molecule has 4 nitrogen and oxygen atoms in total. The molecule has 0 radical (unpaired) electrons. The van der Waals surface area contributed by atoms with Gasteiger partial charge in [-0.1, -0.05) is 13.8 Å². The quantitative estimate of drug-likeness (QED) is 0.906. The number of nitrogens with zero attached hydrogens (tertiary/aromatic N) is 3. The second-order valence-electron chi connectivity index (χ2n) is 6.28. The van der Waals surface area contributed by atoms with Crippen LogP contribution < -0.4 is 5.32 Å². The first kappa shape index (κ1) is 14.3. The van der Waals surface area contributed by atoms with Crippen LogP contribution in [0.25, 0.3) is 0 Å². The number of rotatable bonds is 4. The average molecular weight is 262 g/mol. The third-order valence-corrected chi connectivity index (χ3v) is 3.83. The van der Waals surface area contributed by atoms with Crippen molar-refractivity contribution in [2.24, 2.45) is 5.41 Å². The normalized spacial score (nSPS) is 19.4. The van der Waals surface area contributed by atoms with E-state index >= 15 is 0 Å². The maximum absolute atomic E-state index is 4.59. The van der Waals surface area contributed by atoms with Crippen LogP contribution in [-0.4, -0.2) is 34.5 Å². The van der Waals surface area contributed by atoms with Gasteiger partial charge in [0.05, 0.1) is 6.54 Å². The first-order valence-electron chi connectivity index (χ1n) is 7.29. The Bertz CT molecular complexity index is 418. The van der Waals surface area contributed by atoms with Crippen LogP contribution in [0.15, 0.2) is 6.07 Å². The number of aromatic nitrogens is 2. The van der Waals surface area contributed by atoms with Gasteiger partial charge in [0.15, 0.2) is 0 Å². The van der Waals surface area contributed by atoms with E-state index in [-0.39, 0.29) is 0 Å². The monoisotopic (exact) mass is 262 g/mol. The molecule has 0 amide bonds. The third-order valence-electron chi connectivity index (χ3n) is 3.83. The first-order valence-corrected chi connectivity index (χ1v) is 7.29. The number of nitrogens with one attached hydrogen (secondary N) is 1. The van der Waals surface area contributed by atoms with Crippen molar-refractivity contribution in [3.8, 4) is 0 Å². The zero-order chi connectivity index (χ0) is 13.9. The topological polar surface area (TPSA) is 41.1 Å². The zero-order valence-corrected chi connectivity index (χ0v) is 12.7. The summed E-state index contributed by atoms with van der Waals surface area (Å²) < 4.78 is 0. The van der Waals surface area contributed by atoms with Gasteiger partial charge in [0.25, 0.3) is 0 Å². The summed E-state index contributed by atoms with van der Waals surface area (Å²) in [7, 11) is 0. The smallest absolute Gasteiger partial charge is 0.144 e. The highest BCUT2D eigenvalue weighted by Gasteiger charge is 2.25. The minimum Gasteiger partial charge on any atom is -0.370 e. The minimum absolute atomic E-state index is 0.499. The summed E-state index contributed by atoms with van der Waals surface area (Å²) in [5, 5.41) is 3.27. The van der Waals surface area contributed by atoms with Gasteiger partial charge in [0, 0.05) is 18.3 Å². The van der Waals surface area contributed by atoms with E-state index in [1.54, 1.807) is 0 Å². The molecule has 1 aromatic rings. The minimum atomic E-state index is 0.499. The molecule has 106 valence electrons. The lowest BCUT2D eigenvalue weighted by molar-refractivity contribution is 0.124. The molecule has 0 aliphatic carbocycles. The molecule has 0 saturated carbocycles. The van der Waals surface area contributed by atoms with Gasteiger partial charge in [-0.15, -0.1) is 0 Å². The SMILES string of the molecule is CCNc1cc(C)nc(CN2CCC(C)(C)CC2)n1. The molecule has 1 aliphatic rings. The van der Waals surface area contributed by atoms with Crippen LogP contribution in [-0.2, 0) is 6.54 Å². The van der Waals surface area contributed by atoms with Crippen LogP contribution in [0.2, 0.25) is 0 Å². The summed E-state index contributed by atoms with van der Waals surface area (Å²) in [6.07, 6.45) is 2.53.